The van der Waals surface area contributed by atoms with Crippen LogP contribution in [0.15, 0.2) is 41.2 Å². The van der Waals surface area contributed by atoms with Crippen LogP contribution >= 0.6 is 11.3 Å². The maximum absolute atomic E-state index is 12.5. The van der Waals surface area contributed by atoms with Crippen molar-refractivity contribution in [3.8, 4) is 0 Å². The monoisotopic (exact) mass is 312 g/mol. The molecule has 6 heteroatoms. The second-order valence-electron chi connectivity index (χ2n) is 5.59. The molecular weight excluding hydrogens is 296 g/mol. The zero-order valence-electron chi connectivity index (χ0n) is 12.1. The molecule has 5 nitrogen and oxygen atoms in total. The first-order valence-corrected chi connectivity index (χ1v) is 8.38. The minimum Gasteiger partial charge on any atom is -0.338 e. The van der Waals surface area contributed by atoms with E-state index in [9.17, 15) is 4.79 Å². The van der Waals surface area contributed by atoms with Crippen LogP contribution in [-0.2, 0) is 0 Å². The number of likely N-dealkylation sites (tertiary alicyclic amines) is 1. The molecule has 3 aromatic rings. The summed E-state index contributed by atoms with van der Waals surface area (Å²) in [5.74, 6) is 1.33. The maximum atomic E-state index is 12.5. The zero-order chi connectivity index (χ0) is 14.9. The minimum atomic E-state index is 0.125. The van der Waals surface area contributed by atoms with Gasteiger partial charge >= 0.3 is 0 Å². The third-order valence-corrected chi connectivity index (χ3v) is 4.87. The third-order valence-electron chi connectivity index (χ3n) is 4.18. The first-order chi connectivity index (χ1) is 10.8. The van der Waals surface area contributed by atoms with Crippen molar-refractivity contribution in [1.29, 1.82) is 0 Å². The average Bonchev–Trinajstić information content (AvgIpc) is 3.24. The summed E-state index contributed by atoms with van der Waals surface area (Å²) >= 11 is 1.56. The number of aromatic nitrogens is 3. The van der Waals surface area contributed by atoms with Crippen LogP contribution in [0.25, 0.3) is 5.65 Å². The Morgan fingerprint density at radius 2 is 2.23 bits per heavy atom. The number of nitrogens with zero attached hydrogens (tertiary/aromatic N) is 4. The van der Waals surface area contributed by atoms with Crippen LogP contribution in [0, 0.1) is 0 Å². The Balaban J connectivity index is 1.60. The van der Waals surface area contributed by atoms with E-state index in [1.165, 1.54) is 0 Å². The van der Waals surface area contributed by atoms with Gasteiger partial charge in [-0.3, -0.25) is 9.20 Å². The lowest BCUT2D eigenvalue weighted by molar-refractivity contribution is 0.0704. The van der Waals surface area contributed by atoms with E-state index in [4.69, 9.17) is 0 Å². The molecule has 0 N–H and O–H groups in total. The lowest BCUT2D eigenvalue weighted by Crippen LogP contribution is -2.39. The van der Waals surface area contributed by atoms with Crippen molar-refractivity contribution >= 4 is 22.9 Å². The Hall–Kier alpha value is -2.21. The van der Waals surface area contributed by atoms with E-state index in [-0.39, 0.29) is 11.8 Å². The van der Waals surface area contributed by atoms with Gasteiger partial charge in [0.25, 0.3) is 5.91 Å². The predicted molar refractivity (Wildman–Crippen MR) is 85.2 cm³/mol. The fourth-order valence-electron chi connectivity index (χ4n) is 3.08. The quantitative estimate of drug-likeness (QED) is 0.731. The van der Waals surface area contributed by atoms with Gasteiger partial charge in [-0.2, -0.15) is 11.3 Å². The molecule has 0 radical (unpaired) electrons. The van der Waals surface area contributed by atoms with Gasteiger partial charge < -0.3 is 4.90 Å². The summed E-state index contributed by atoms with van der Waals surface area (Å²) in [5, 5.41) is 12.4. The van der Waals surface area contributed by atoms with E-state index >= 15 is 0 Å². The summed E-state index contributed by atoms with van der Waals surface area (Å²) in [6.45, 7) is 1.53. The molecule has 0 saturated carbocycles. The summed E-state index contributed by atoms with van der Waals surface area (Å²) in [5.41, 5.74) is 1.65. The van der Waals surface area contributed by atoms with Gasteiger partial charge in [0.2, 0.25) is 0 Å². The highest BCUT2D eigenvalue weighted by molar-refractivity contribution is 7.08. The second-order valence-corrected chi connectivity index (χ2v) is 6.37. The van der Waals surface area contributed by atoms with Gasteiger partial charge in [-0.25, -0.2) is 0 Å². The molecule has 1 amide bonds. The molecule has 4 rings (SSSR count). The highest BCUT2D eigenvalue weighted by Crippen LogP contribution is 2.27. The Morgan fingerprint density at radius 1 is 1.27 bits per heavy atom. The summed E-state index contributed by atoms with van der Waals surface area (Å²) in [7, 11) is 0. The van der Waals surface area contributed by atoms with Crippen LogP contribution < -0.4 is 0 Å². The van der Waals surface area contributed by atoms with E-state index in [1.807, 2.05) is 50.5 Å². The predicted octanol–water partition coefficient (Wildman–Crippen LogP) is 2.81. The number of carbonyl (C=O) groups excluding carboxylic acids is 1. The number of fused-ring (bicyclic) bond motifs is 1. The first-order valence-electron chi connectivity index (χ1n) is 7.44. The fraction of sp³-hybridized carbons (Fsp3) is 0.312. The topological polar surface area (TPSA) is 50.5 Å². The number of amides is 1. The van der Waals surface area contributed by atoms with E-state index < -0.39 is 0 Å². The number of hydrogen-bond acceptors (Lipinski definition) is 4. The van der Waals surface area contributed by atoms with Crippen LogP contribution in [0.1, 0.15) is 34.9 Å². The van der Waals surface area contributed by atoms with Gasteiger partial charge in [0.1, 0.15) is 5.82 Å². The number of carbonyl (C=O) groups is 1. The van der Waals surface area contributed by atoms with Crippen molar-refractivity contribution < 1.29 is 4.79 Å². The lowest BCUT2D eigenvalue weighted by Gasteiger charge is -2.31. The van der Waals surface area contributed by atoms with Crippen LogP contribution in [-0.4, -0.2) is 38.5 Å². The number of pyridine rings is 1. The Labute approximate surface area is 132 Å². The lowest BCUT2D eigenvalue weighted by atomic mass is 9.96. The summed E-state index contributed by atoms with van der Waals surface area (Å²) in [6, 6.07) is 7.79. The summed E-state index contributed by atoms with van der Waals surface area (Å²) in [6.07, 6.45) is 4.04. The fourth-order valence-corrected chi connectivity index (χ4v) is 3.71. The zero-order valence-corrected chi connectivity index (χ0v) is 12.9. The normalized spacial score (nSPS) is 18.7. The smallest absolute Gasteiger partial charge is 0.254 e. The molecule has 1 saturated heterocycles. The van der Waals surface area contributed by atoms with Gasteiger partial charge in [0.05, 0.1) is 5.56 Å². The molecule has 0 bridgehead atoms. The van der Waals surface area contributed by atoms with Crippen molar-refractivity contribution in [3.63, 3.8) is 0 Å². The Morgan fingerprint density at radius 3 is 3.09 bits per heavy atom. The number of hydrogen-bond donors (Lipinski definition) is 0. The SMILES string of the molecule is O=C(c1ccsc1)N1CCC[C@H](c2nnc3ccccn23)C1. The van der Waals surface area contributed by atoms with Crippen molar-refractivity contribution in [2.75, 3.05) is 13.1 Å². The van der Waals surface area contributed by atoms with Crippen LogP contribution in [0.5, 0.6) is 0 Å². The van der Waals surface area contributed by atoms with Crippen LogP contribution in [0.2, 0.25) is 0 Å². The van der Waals surface area contributed by atoms with Gasteiger partial charge in [-0.15, -0.1) is 10.2 Å². The molecule has 1 atom stereocenters. The standard InChI is InChI=1S/C16H16N4OS/c21-16(13-6-9-22-11-13)19-7-3-4-12(10-19)15-18-17-14-5-1-2-8-20(14)15/h1-2,5-6,8-9,11-12H,3-4,7,10H2/t12-/m0/s1. The van der Waals surface area contributed by atoms with Crippen LogP contribution in [0.4, 0.5) is 0 Å². The van der Waals surface area contributed by atoms with Crippen LogP contribution in [0.3, 0.4) is 0 Å². The average molecular weight is 312 g/mol. The van der Waals surface area contributed by atoms with E-state index in [0.717, 1.165) is 36.4 Å². The van der Waals surface area contributed by atoms with Crippen molar-refractivity contribution in [3.05, 3.63) is 52.6 Å². The Bertz CT molecular complexity index is 795. The van der Waals surface area contributed by atoms with E-state index in [0.29, 0.717) is 6.54 Å². The minimum absolute atomic E-state index is 0.125. The van der Waals surface area contributed by atoms with E-state index in [1.54, 1.807) is 11.3 Å². The highest BCUT2D eigenvalue weighted by Gasteiger charge is 2.28. The Kier molecular flexibility index (Phi) is 3.38. The second kappa shape index (κ2) is 5.53. The molecule has 4 heterocycles. The van der Waals surface area contributed by atoms with Gasteiger partial charge in [0.15, 0.2) is 5.65 Å². The van der Waals surface area contributed by atoms with E-state index in [2.05, 4.69) is 10.2 Å². The van der Waals surface area contributed by atoms with Crippen molar-refractivity contribution in [2.24, 2.45) is 0 Å². The van der Waals surface area contributed by atoms with Gasteiger partial charge in [-0.05, 0) is 36.4 Å². The number of piperidine rings is 1. The van der Waals surface area contributed by atoms with Crippen molar-refractivity contribution in [2.45, 2.75) is 18.8 Å². The largest absolute Gasteiger partial charge is 0.338 e. The maximum Gasteiger partial charge on any atom is 0.254 e. The molecular formula is C16H16N4OS. The number of thiophene rings is 1. The molecule has 1 fully saturated rings. The first kappa shape index (κ1) is 13.5. The molecule has 0 aliphatic carbocycles. The molecule has 1 aliphatic rings. The number of rotatable bonds is 2. The molecule has 22 heavy (non-hydrogen) atoms. The van der Waals surface area contributed by atoms with Gasteiger partial charge in [0, 0.05) is 30.6 Å². The molecule has 1 aliphatic heterocycles. The van der Waals surface area contributed by atoms with Crippen molar-refractivity contribution in [1.82, 2.24) is 19.5 Å². The highest BCUT2D eigenvalue weighted by atomic mass is 32.1. The van der Waals surface area contributed by atoms with Gasteiger partial charge in [-0.1, -0.05) is 6.07 Å². The molecule has 0 aromatic carbocycles. The summed E-state index contributed by atoms with van der Waals surface area (Å²) in [4.78, 5) is 14.5. The molecule has 112 valence electrons. The summed E-state index contributed by atoms with van der Waals surface area (Å²) < 4.78 is 2.03. The molecule has 0 unspecified atom stereocenters. The molecule has 0 spiro atoms. The molecule has 3 aromatic heterocycles. The third kappa shape index (κ3) is 2.29.